The van der Waals surface area contributed by atoms with Crippen molar-refractivity contribution in [2.45, 2.75) is 52.1 Å². The van der Waals surface area contributed by atoms with Crippen molar-refractivity contribution in [3.8, 4) is 0 Å². The zero-order chi connectivity index (χ0) is 10.1. The Bertz CT molecular complexity index is 222. The van der Waals surface area contributed by atoms with Crippen molar-refractivity contribution in [2.75, 3.05) is 0 Å². The molecule has 2 heteroatoms. The fraction of sp³-hybridized carbons (Fsp3) is 0.917. The first-order valence-corrected chi connectivity index (χ1v) is 5.87. The smallest absolute Gasteiger partial charge is 0.308 e. The molecule has 0 aromatic rings. The van der Waals surface area contributed by atoms with Crippen LogP contribution in [-0.2, 0) is 9.53 Å². The van der Waals surface area contributed by atoms with Crippen LogP contribution in [0.25, 0.3) is 0 Å². The van der Waals surface area contributed by atoms with E-state index in [4.69, 9.17) is 4.74 Å². The van der Waals surface area contributed by atoms with E-state index in [1.165, 1.54) is 25.7 Å². The van der Waals surface area contributed by atoms with Crippen molar-refractivity contribution in [3.63, 3.8) is 0 Å². The molecule has 0 radical (unpaired) electrons. The number of fused-ring (bicyclic) bond motifs is 2. The van der Waals surface area contributed by atoms with Crippen LogP contribution in [-0.4, -0.2) is 12.1 Å². The molecule has 0 aliphatic heterocycles. The van der Waals surface area contributed by atoms with Gasteiger partial charge in [0, 0.05) is 0 Å². The van der Waals surface area contributed by atoms with Gasteiger partial charge in [-0.2, -0.15) is 0 Å². The summed E-state index contributed by atoms with van der Waals surface area (Å²) < 4.78 is 5.55. The van der Waals surface area contributed by atoms with Gasteiger partial charge in [0.25, 0.3) is 0 Å². The summed E-state index contributed by atoms with van der Waals surface area (Å²) >= 11 is 0. The molecule has 3 unspecified atom stereocenters. The van der Waals surface area contributed by atoms with E-state index in [1.807, 2.05) is 13.8 Å². The number of ether oxygens (including phenoxy) is 1. The minimum Gasteiger partial charge on any atom is -0.462 e. The van der Waals surface area contributed by atoms with Crippen molar-refractivity contribution in [3.05, 3.63) is 0 Å². The molecule has 14 heavy (non-hydrogen) atoms. The van der Waals surface area contributed by atoms with Gasteiger partial charge in [-0.25, -0.2) is 0 Å². The maximum Gasteiger partial charge on any atom is 0.308 e. The van der Waals surface area contributed by atoms with Gasteiger partial charge in [-0.1, -0.05) is 26.7 Å². The Morgan fingerprint density at radius 1 is 1.29 bits per heavy atom. The molecule has 0 amide bonds. The largest absolute Gasteiger partial charge is 0.462 e. The highest BCUT2D eigenvalue weighted by Crippen LogP contribution is 2.43. The molecular weight excluding hydrogens is 176 g/mol. The van der Waals surface area contributed by atoms with E-state index in [1.54, 1.807) is 0 Å². The highest BCUT2D eigenvalue weighted by molar-refractivity contribution is 5.71. The van der Waals surface area contributed by atoms with Gasteiger partial charge in [0.2, 0.25) is 0 Å². The van der Waals surface area contributed by atoms with Gasteiger partial charge >= 0.3 is 5.97 Å². The summed E-state index contributed by atoms with van der Waals surface area (Å²) in [6.45, 7) is 3.81. The minimum absolute atomic E-state index is 0.0115. The zero-order valence-corrected chi connectivity index (χ0v) is 9.16. The molecule has 2 nitrogen and oxygen atoms in total. The van der Waals surface area contributed by atoms with E-state index in [0.717, 1.165) is 12.3 Å². The Morgan fingerprint density at radius 3 is 2.71 bits per heavy atom. The summed E-state index contributed by atoms with van der Waals surface area (Å²) in [6.07, 6.45) is 6.64. The SMILES string of the molecule is CC(C)C(=O)OC1CC2CCCC1C2. The van der Waals surface area contributed by atoms with Gasteiger partial charge in [0.05, 0.1) is 5.92 Å². The number of hydrogen-bond acceptors (Lipinski definition) is 2. The first-order valence-electron chi connectivity index (χ1n) is 5.87. The lowest BCUT2D eigenvalue weighted by Gasteiger charge is -2.21. The predicted octanol–water partition coefficient (Wildman–Crippen LogP) is 2.76. The van der Waals surface area contributed by atoms with Gasteiger partial charge in [0.1, 0.15) is 6.10 Å². The predicted molar refractivity (Wildman–Crippen MR) is 54.8 cm³/mol. The molecule has 0 saturated heterocycles. The average Bonchev–Trinajstić information content (AvgIpc) is 2.41. The first-order chi connectivity index (χ1) is 6.66. The third kappa shape index (κ3) is 1.94. The Balaban J connectivity index is 1.90. The van der Waals surface area contributed by atoms with Crippen LogP contribution in [0, 0.1) is 17.8 Å². The van der Waals surface area contributed by atoms with Crippen LogP contribution in [0.1, 0.15) is 46.0 Å². The summed E-state index contributed by atoms with van der Waals surface area (Å²) in [7, 11) is 0. The summed E-state index contributed by atoms with van der Waals surface area (Å²) in [5.41, 5.74) is 0. The highest BCUT2D eigenvalue weighted by Gasteiger charge is 2.39. The van der Waals surface area contributed by atoms with Gasteiger partial charge in [-0.15, -0.1) is 0 Å². The van der Waals surface area contributed by atoms with Crippen molar-refractivity contribution < 1.29 is 9.53 Å². The van der Waals surface area contributed by atoms with E-state index >= 15 is 0 Å². The Hall–Kier alpha value is -0.530. The summed E-state index contributed by atoms with van der Waals surface area (Å²) in [5, 5.41) is 0. The van der Waals surface area contributed by atoms with Crippen LogP contribution >= 0.6 is 0 Å². The number of hydrogen-bond donors (Lipinski definition) is 0. The van der Waals surface area contributed by atoms with Crippen molar-refractivity contribution in [2.24, 2.45) is 17.8 Å². The standard InChI is InChI=1S/C12H20O2/c1-8(2)12(13)14-11-7-9-4-3-5-10(11)6-9/h8-11H,3-7H2,1-2H3. The maximum absolute atomic E-state index is 11.5. The fourth-order valence-corrected chi connectivity index (χ4v) is 2.83. The van der Waals surface area contributed by atoms with Crippen molar-refractivity contribution in [1.29, 1.82) is 0 Å². The molecule has 0 N–H and O–H groups in total. The van der Waals surface area contributed by atoms with Crippen LogP contribution < -0.4 is 0 Å². The van der Waals surface area contributed by atoms with E-state index in [0.29, 0.717) is 5.92 Å². The number of carbonyl (C=O) groups excluding carboxylic acids is 1. The second-order valence-electron chi connectivity index (χ2n) is 5.16. The molecule has 80 valence electrons. The van der Waals surface area contributed by atoms with Crippen molar-refractivity contribution in [1.82, 2.24) is 0 Å². The maximum atomic E-state index is 11.5. The molecule has 3 atom stereocenters. The summed E-state index contributed by atoms with van der Waals surface area (Å²) in [4.78, 5) is 11.5. The molecular formula is C12H20O2. The van der Waals surface area contributed by atoms with Crippen LogP contribution in [0.4, 0.5) is 0 Å². The topological polar surface area (TPSA) is 26.3 Å². The monoisotopic (exact) mass is 196 g/mol. The van der Waals surface area contributed by atoms with Crippen LogP contribution in [0.15, 0.2) is 0 Å². The molecule has 2 rings (SSSR count). The van der Waals surface area contributed by atoms with Gasteiger partial charge < -0.3 is 4.74 Å². The third-order valence-electron chi connectivity index (χ3n) is 3.65. The van der Waals surface area contributed by atoms with E-state index in [9.17, 15) is 4.79 Å². The Kier molecular flexibility index (Phi) is 2.80. The zero-order valence-electron chi connectivity index (χ0n) is 9.16. The van der Waals surface area contributed by atoms with E-state index in [2.05, 4.69) is 0 Å². The average molecular weight is 196 g/mol. The van der Waals surface area contributed by atoms with Crippen molar-refractivity contribution >= 4 is 5.97 Å². The molecule has 0 heterocycles. The number of rotatable bonds is 2. The second kappa shape index (κ2) is 3.92. The summed E-state index contributed by atoms with van der Waals surface area (Å²) in [5.74, 6) is 1.54. The quantitative estimate of drug-likeness (QED) is 0.635. The highest BCUT2D eigenvalue weighted by atomic mass is 16.5. The lowest BCUT2D eigenvalue weighted by molar-refractivity contribution is -0.154. The van der Waals surface area contributed by atoms with Gasteiger partial charge in [-0.05, 0) is 31.1 Å². The minimum atomic E-state index is -0.0115. The first kappa shape index (κ1) is 10.0. The number of esters is 1. The molecule has 2 saturated carbocycles. The molecule has 2 fully saturated rings. The number of carbonyl (C=O) groups is 1. The van der Waals surface area contributed by atoms with Gasteiger partial charge in [-0.3, -0.25) is 4.79 Å². The van der Waals surface area contributed by atoms with Crippen LogP contribution in [0.2, 0.25) is 0 Å². The van der Waals surface area contributed by atoms with E-state index in [-0.39, 0.29) is 18.0 Å². The van der Waals surface area contributed by atoms with Crippen LogP contribution in [0.3, 0.4) is 0 Å². The fourth-order valence-electron chi connectivity index (χ4n) is 2.83. The van der Waals surface area contributed by atoms with Gasteiger partial charge in [0.15, 0.2) is 0 Å². The molecule has 2 aliphatic rings. The molecule has 0 spiro atoms. The molecule has 2 bridgehead atoms. The lowest BCUT2D eigenvalue weighted by Crippen LogP contribution is -2.24. The molecule has 2 aliphatic carbocycles. The Labute approximate surface area is 86.0 Å². The van der Waals surface area contributed by atoms with E-state index < -0.39 is 0 Å². The van der Waals surface area contributed by atoms with Crippen LogP contribution in [0.5, 0.6) is 0 Å². The second-order valence-corrected chi connectivity index (χ2v) is 5.16. The normalized spacial score (nSPS) is 36.1. The Morgan fingerprint density at radius 2 is 2.07 bits per heavy atom. The molecule has 0 aromatic heterocycles. The third-order valence-corrected chi connectivity index (χ3v) is 3.65. The molecule has 0 aromatic carbocycles. The summed E-state index contributed by atoms with van der Waals surface area (Å²) in [6, 6.07) is 0. The lowest BCUT2D eigenvalue weighted by atomic mass is 9.89.